The molecule has 33 heavy (non-hydrogen) atoms. The molecule has 4 rings (SSSR count). The molecule has 0 aliphatic carbocycles. The van der Waals surface area contributed by atoms with Crippen LogP contribution in [0.15, 0.2) is 30.3 Å². The van der Waals surface area contributed by atoms with Crippen molar-refractivity contribution in [3.8, 4) is 22.8 Å². The van der Waals surface area contributed by atoms with E-state index in [2.05, 4.69) is 22.0 Å². The van der Waals surface area contributed by atoms with Crippen LogP contribution in [0.1, 0.15) is 41.3 Å². The summed E-state index contributed by atoms with van der Waals surface area (Å²) >= 11 is 0. The Morgan fingerprint density at radius 2 is 2.06 bits per heavy atom. The number of fused-ring (bicyclic) bond motifs is 1. The van der Waals surface area contributed by atoms with E-state index >= 15 is 0 Å². The molecule has 8 heteroatoms. The van der Waals surface area contributed by atoms with Crippen molar-refractivity contribution in [2.24, 2.45) is 0 Å². The number of H-pyrrole nitrogens is 1. The second-order valence-corrected chi connectivity index (χ2v) is 8.56. The first-order valence-electron chi connectivity index (χ1n) is 11.3. The number of aromatic nitrogens is 2. The highest BCUT2D eigenvalue weighted by Gasteiger charge is 2.27. The van der Waals surface area contributed by atoms with Gasteiger partial charge in [0.05, 0.1) is 17.7 Å². The summed E-state index contributed by atoms with van der Waals surface area (Å²) in [5, 5.41) is 19.6. The number of aryl methyl sites for hydroxylation is 2. The van der Waals surface area contributed by atoms with E-state index in [0.717, 1.165) is 66.1 Å². The first kappa shape index (κ1) is 22.8. The Bertz CT molecular complexity index is 1170. The van der Waals surface area contributed by atoms with Crippen LogP contribution in [-0.4, -0.2) is 40.2 Å². The van der Waals surface area contributed by atoms with Crippen LogP contribution in [0.3, 0.4) is 0 Å². The van der Waals surface area contributed by atoms with Crippen molar-refractivity contribution >= 4 is 5.69 Å². The van der Waals surface area contributed by atoms with Gasteiger partial charge in [0.2, 0.25) is 5.75 Å². The Balaban J connectivity index is 1.70. The summed E-state index contributed by atoms with van der Waals surface area (Å²) in [5.41, 5.74) is 6.58. The first-order chi connectivity index (χ1) is 15.9. The Labute approximate surface area is 193 Å². The molecule has 0 fully saturated rings. The van der Waals surface area contributed by atoms with Gasteiger partial charge >= 0.3 is 5.69 Å². The molecule has 0 radical (unpaired) electrons. The van der Waals surface area contributed by atoms with Gasteiger partial charge in [-0.25, -0.2) is 0 Å². The Morgan fingerprint density at radius 1 is 1.24 bits per heavy atom. The van der Waals surface area contributed by atoms with Crippen LogP contribution < -0.4 is 9.47 Å². The molecule has 3 aromatic rings. The lowest BCUT2D eigenvalue weighted by Crippen LogP contribution is -2.31. The number of nitro groups is 1. The maximum atomic E-state index is 12.0. The zero-order valence-corrected chi connectivity index (χ0v) is 19.6. The number of nitro benzene ring substituents is 1. The molecule has 0 atom stereocenters. The zero-order chi connectivity index (χ0) is 23.5. The molecule has 2 heterocycles. The molecule has 0 amide bonds. The third-order valence-corrected chi connectivity index (χ3v) is 6.15. The van der Waals surface area contributed by atoms with E-state index in [0.29, 0.717) is 11.3 Å². The Hall–Kier alpha value is -3.39. The molecule has 174 valence electrons. The van der Waals surface area contributed by atoms with E-state index in [4.69, 9.17) is 9.47 Å². The van der Waals surface area contributed by atoms with E-state index in [-0.39, 0.29) is 18.0 Å². The van der Waals surface area contributed by atoms with Crippen LogP contribution in [0.25, 0.3) is 11.3 Å². The lowest BCUT2D eigenvalue weighted by Gasteiger charge is -2.26. The highest BCUT2D eigenvalue weighted by atomic mass is 16.6. The first-order valence-corrected chi connectivity index (χ1v) is 11.3. The third-order valence-electron chi connectivity index (χ3n) is 6.15. The standard InChI is InChI=1S/C25H30N4O4/c1-5-9-28-10-8-21-20(14-28)24(27-26-21)18-12-22(29(30)31)25(23(13-18)32-4)33-15-19-11-16(2)6-7-17(19)3/h6-7,11-13H,5,8-10,14-15H2,1-4H3,(H,26,27). The largest absolute Gasteiger partial charge is 0.493 e. The molecule has 0 unspecified atom stereocenters. The molecule has 8 nitrogen and oxygen atoms in total. The van der Waals surface area contributed by atoms with Crippen LogP contribution in [0.4, 0.5) is 5.69 Å². The summed E-state index contributed by atoms with van der Waals surface area (Å²) < 4.78 is 11.5. The second kappa shape index (κ2) is 9.62. The van der Waals surface area contributed by atoms with Gasteiger partial charge in [-0.2, -0.15) is 5.10 Å². The molecule has 0 bridgehead atoms. The maximum absolute atomic E-state index is 12.0. The lowest BCUT2D eigenvalue weighted by atomic mass is 10.00. The van der Waals surface area contributed by atoms with Crippen LogP contribution >= 0.6 is 0 Å². The van der Waals surface area contributed by atoms with Gasteiger partial charge in [-0.05, 0) is 44.0 Å². The molecule has 2 aromatic carbocycles. The van der Waals surface area contributed by atoms with Gasteiger partial charge in [0.1, 0.15) is 6.61 Å². The number of nitrogens with one attached hydrogen (secondary N) is 1. The van der Waals surface area contributed by atoms with Crippen molar-refractivity contribution in [2.75, 3.05) is 20.2 Å². The van der Waals surface area contributed by atoms with E-state index in [1.165, 1.54) is 13.2 Å². The predicted octanol–water partition coefficient (Wildman–Crippen LogP) is 4.96. The molecule has 1 aliphatic heterocycles. The fraction of sp³-hybridized carbons (Fsp3) is 0.400. The van der Waals surface area contributed by atoms with Crippen molar-refractivity contribution in [3.63, 3.8) is 0 Å². The molecule has 1 aromatic heterocycles. The summed E-state index contributed by atoms with van der Waals surface area (Å²) in [5.74, 6) is 0.451. The summed E-state index contributed by atoms with van der Waals surface area (Å²) in [6.07, 6.45) is 1.97. The van der Waals surface area contributed by atoms with Gasteiger partial charge in [-0.15, -0.1) is 0 Å². The zero-order valence-electron chi connectivity index (χ0n) is 19.6. The maximum Gasteiger partial charge on any atom is 0.315 e. The highest BCUT2D eigenvalue weighted by Crippen LogP contribution is 2.42. The number of rotatable bonds is 8. The molecular formula is C25H30N4O4. The van der Waals surface area contributed by atoms with Gasteiger partial charge < -0.3 is 9.47 Å². The third kappa shape index (κ3) is 4.71. The summed E-state index contributed by atoms with van der Waals surface area (Å²) in [6, 6.07) is 9.39. The van der Waals surface area contributed by atoms with Crippen LogP contribution in [0, 0.1) is 24.0 Å². The van der Waals surface area contributed by atoms with Crippen molar-refractivity contribution in [3.05, 3.63) is 68.4 Å². The monoisotopic (exact) mass is 450 g/mol. The summed E-state index contributed by atoms with van der Waals surface area (Å²) in [6.45, 7) is 9.15. The normalized spacial score (nSPS) is 13.6. The van der Waals surface area contributed by atoms with Crippen LogP contribution in [0.5, 0.6) is 11.5 Å². The number of nitrogens with zero attached hydrogens (tertiary/aromatic N) is 3. The average Bonchev–Trinajstić information content (AvgIpc) is 3.22. The summed E-state index contributed by atoms with van der Waals surface area (Å²) in [4.78, 5) is 14.0. The molecule has 1 N–H and O–H groups in total. The fourth-order valence-electron chi connectivity index (χ4n) is 4.36. The van der Waals surface area contributed by atoms with Crippen LogP contribution in [0.2, 0.25) is 0 Å². The highest BCUT2D eigenvalue weighted by molar-refractivity contribution is 5.73. The SMILES string of the molecule is CCCN1CCc2[nH]nc(-c3cc(OC)c(OCc4cc(C)ccc4C)c([N+](=O)[O-])c3)c2C1. The Kier molecular flexibility index (Phi) is 6.65. The summed E-state index contributed by atoms with van der Waals surface area (Å²) in [7, 11) is 1.50. The Morgan fingerprint density at radius 3 is 2.79 bits per heavy atom. The minimum absolute atomic E-state index is 0.129. The number of hydrogen-bond donors (Lipinski definition) is 1. The number of methoxy groups -OCH3 is 1. The van der Waals surface area contributed by atoms with Crippen LogP contribution in [-0.2, 0) is 19.6 Å². The minimum atomic E-state index is -0.424. The quantitative estimate of drug-likeness (QED) is 0.385. The number of hydrogen-bond acceptors (Lipinski definition) is 6. The van der Waals surface area contributed by atoms with Gasteiger partial charge in [0.15, 0.2) is 5.75 Å². The van der Waals surface area contributed by atoms with Gasteiger partial charge in [-0.3, -0.25) is 20.1 Å². The number of ether oxygens (including phenoxy) is 2. The van der Waals surface area contributed by atoms with E-state index in [1.54, 1.807) is 6.07 Å². The van der Waals surface area contributed by atoms with Gasteiger partial charge in [0.25, 0.3) is 0 Å². The van der Waals surface area contributed by atoms with Crippen molar-refractivity contribution in [1.29, 1.82) is 0 Å². The van der Waals surface area contributed by atoms with Crippen molar-refractivity contribution < 1.29 is 14.4 Å². The topological polar surface area (TPSA) is 93.5 Å². The smallest absolute Gasteiger partial charge is 0.315 e. The number of aromatic amines is 1. The average molecular weight is 451 g/mol. The fourth-order valence-corrected chi connectivity index (χ4v) is 4.36. The molecular weight excluding hydrogens is 420 g/mol. The van der Waals surface area contributed by atoms with Crippen molar-refractivity contribution in [2.45, 2.75) is 46.8 Å². The molecule has 1 aliphatic rings. The van der Waals surface area contributed by atoms with Gasteiger partial charge in [-0.1, -0.05) is 30.7 Å². The molecule has 0 saturated heterocycles. The predicted molar refractivity (Wildman–Crippen MR) is 127 cm³/mol. The van der Waals surface area contributed by atoms with E-state index in [9.17, 15) is 10.1 Å². The van der Waals surface area contributed by atoms with Crippen molar-refractivity contribution in [1.82, 2.24) is 15.1 Å². The van der Waals surface area contributed by atoms with Gasteiger partial charge in [0, 0.05) is 42.4 Å². The van der Waals surface area contributed by atoms with E-state index in [1.807, 2.05) is 32.0 Å². The van der Waals surface area contributed by atoms with E-state index < -0.39 is 4.92 Å². The number of benzene rings is 2. The molecule has 0 saturated carbocycles. The lowest BCUT2D eigenvalue weighted by molar-refractivity contribution is -0.386. The second-order valence-electron chi connectivity index (χ2n) is 8.56. The minimum Gasteiger partial charge on any atom is -0.493 e. The molecule has 0 spiro atoms.